The molecule has 134 valence electrons. The number of anilines is 2. The largest absolute Gasteiger partial charge is 0.364 e. The molecule has 3 amide bonds. The first kappa shape index (κ1) is 18.7. The highest BCUT2D eigenvalue weighted by Gasteiger charge is 2.18. The molecule has 0 aliphatic rings. The molecule has 0 fully saturated rings. The molecule has 1 aromatic carbocycles. The van der Waals surface area contributed by atoms with E-state index < -0.39 is 11.8 Å². The van der Waals surface area contributed by atoms with Gasteiger partial charge in [0.2, 0.25) is 5.91 Å². The number of amides is 3. The van der Waals surface area contributed by atoms with Gasteiger partial charge in [-0.1, -0.05) is 18.2 Å². The molecule has 0 aliphatic carbocycles. The molecular formula is C18H19N5O3. The fraction of sp³-hybridized carbons (Fsp3) is 0.111. The highest BCUT2D eigenvalue weighted by atomic mass is 16.2. The summed E-state index contributed by atoms with van der Waals surface area (Å²) in [6.45, 7) is 3.51. The highest BCUT2D eigenvalue weighted by molar-refractivity contribution is 6.08. The zero-order valence-corrected chi connectivity index (χ0v) is 14.4. The molecule has 0 radical (unpaired) electrons. The van der Waals surface area contributed by atoms with E-state index in [1.807, 2.05) is 13.0 Å². The summed E-state index contributed by atoms with van der Waals surface area (Å²) in [5, 5.41) is 11.7. The Bertz CT molecular complexity index is 879. The average Bonchev–Trinajstić information content (AvgIpc) is 2.96. The Hall–Kier alpha value is -3.68. The number of aromatic nitrogens is 2. The summed E-state index contributed by atoms with van der Waals surface area (Å²) in [6, 6.07) is 6.32. The molecule has 1 heterocycles. The van der Waals surface area contributed by atoms with Gasteiger partial charge in [0.15, 0.2) is 5.69 Å². The van der Waals surface area contributed by atoms with Gasteiger partial charge in [-0.25, -0.2) is 0 Å². The number of aryl methyl sites for hydroxylation is 1. The van der Waals surface area contributed by atoms with E-state index in [1.165, 1.54) is 6.08 Å². The number of aromatic amines is 1. The average molecular weight is 353 g/mol. The van der Waals surface area contributed by atoms with E-state index in [4.69, 9.17) is 5.73 Å². The SMILES string of the molecule is C/C=C/C=C/C(=O)Nc1ccc(C(=O)Nc2c(C(N)=O)n[nH]c2C)cc1. The van der Waals surface area contributed by atoms with E-state index in [0.29, 0.717) is 16.9 Å². The predicted molar refractivity (Wildman–Crippen MR) is 98.8 cm³/mol. The lowest BCUT2D eigenvalue weighted by Crippen LogP contribution is -2.18. The van der Waals surface area contributed by atoms with E-state index in [9.17, 15) is 14.4 Å². The molecule has 8 nitrogen and oxygen atoms in total. The van der Waals surface area contributed by atoms with Gasteiger partial charge in [-0.15, -0.1) is 0 Å². The van der Waals surface area contributed by atoms with Crippen LogP contribution in [0, 0.1) is 6.92 Å². The van der Waals surface area contributed by atoms with Crippen molar-refractivity contribution in [2.75, 3.05) is 10.6 Å². The maximum atomic E-state index is 12.3. The van der Waals surface area contributed by atoms with Gasteiger partial charge < -0.3 is 16.4 Å². The van der Waals surface area contributed by atoms with Crippen molar-refractivity contribution in [2.24, 2.45) is 5.73 Å². The van der Waals surface area contributed by atoms with E-state index in [-0.39, 0.29) is 17.3 Å². The van der Waals surface area contributed by atoms with Crippen LogP contribution in [0.2, 0.25) is 0 Å². The van der Waals surface area contributed by atoms with Crippen molar-refractivity contribution in [3.8, 4) is 0 Å². The second-order valence-electron chi connectivity index (χ2n) is 5.34. The van der Waals surface area contributed by atoms with Crippen LogP contribution in [0.5, 0.6) is 0 Å². The fourth-order valence-electron chi connectivity index (χ4n) is 2.09. The normalized spacial score (nSPS) is 11.0. The topological polar surface area (TPSA) is 130 Å². The van der Waals surface area contributed by atoms with Crippen molar-refractivity contribution in [2.45, 2.75) is 13.8 Å². The fourth-order valence-corrected chi connectivity index (χ4v) is 2.09. The molecule has 2 aromatic rings. The first-order valence-corrected chi connectivity index (χ1v) is 7.79. The quantitative estimate of drug-likeness (QED) is 0.468. The number of carbonyl (C=O) groups excluding carboxylic acids is 3. The van der Waals surface area contributed by atoms with Crippen molar-refractivity contribution in [3.63, 3.8) is 0 Å². The Morgan fingerprint density at radius 3 is 2.42 bits per heavy atom. The molecule has 8 heteroatoms. The maximum absolute atomic E-state index is 12.3. The molecule has 0 unspecified atom stereocenters. The number of primary amides is 1. The van der Waals surface area contributed by atoms with Gasteiger partial charge in [-0.2, -0.15) is 5.10 Å². The summed E-state index contributed by atoms with van der Waals surface area (Å²) in [6.07, 6.45) is 6.57. The van der Waals surface area contributed by atoms with E-state index in [1.54, 1.807) is 43.3 Å². The molecule has 0 saturated carbocycles. The lowest BCUT2D eigenvalue weighted by Gasteiger charge is -2.07. The Morgan fingerprint density at radius 1 is 1.12 bits per heavy atom. The third kappa shape index (κ3) is 4.67. The molecule has 5 N–H and O–H groups in total. The van der Waals surface area contributed by atoms with Crippen molar-refractivity contribution >= 4 is 29.1 Å². The van der Waals surface area contributed by atoms with Gasteiger partial charge in [-0.3, -0.25) is 19.5 Å². The molecule has 0 atom stereocenters. The third-order valence-electron chi connectivity index (χ3n) is 3.38. The zero-order chi connectivity index (χ0) is 19.1. The minimum Gasteiger partial charge on any atom is -0.364 e. The van der Waals surface area contributed by atoms with Gasteiger partial charge in [0.1, 0.15) is 0 Å². The van der Waals surface area contributed by atoms with Gasteiger partial charge in [-0.05, 0) is 38.1 Å². The van der Waals surface area contributed by atoms with Crippen LogP contribution in [0.25, 0.3) is 0 Å². The summed E-state index contributed by atoms with van der Waals surface area (Å²) in [4.78, 5) is 35.4. The van der Waals surface area contributed by atoms with Gasteiger partial charge in [0.05, 0.1) is 11.4 Å². The standard InChI is InChI=1S/C18H19N5O3/c1-3-4-5-6-14(24)20-13-9-7-12(8-10-13)18(26)21-15-11(2)22-23-16(15)17(19)25/h3-10H,1-2H3,(H2,19,25)(H,20,24)(H,21,26)(H,22,23)/b4-3+,6-5+. The van der Waals surface area contributed by atoms with Crippen molar-refractivity contribution in [1.29, 1.82) is 0 Å². The number of rotatable bonds is 6. The van der Waals surface area contributed by atoms with Gasteiger partial charge >= 0.3 is 0 Å². The number of nitrogens with one attached hydrogen (secondary N) is 3. The van der Waals surface area contributed by atoms with Crippen LogP contribution < -0.4 is 16.4 Å². The third-order valence-corrected chi connectivity index (χ3v) is 3.38. The van der Waals surface area contributed by atoms with Crippen LogP contribution in [-0.4, -0.2) is 27.9 Å². The first-order chi connectivity index (χ1) is 12.4. The lowest BCUT2D eigenvalue weighted by atomic mass is 10.1. The van der Waals surface area contributed by atoms with E-state index in [2.05, 4.69) is 20.8 Å². The highest BCUT2D eigenvalue weighted by Crippen LogP contribution is 2.18. The number of hydrogen-bond donors (Lipinski definition) is 4. The zero-order valence-electron chi connectivity index (χ0n) is 14.4. The Balaban J connectivity index is 2.06. The molecule has 26 heavy (non-hydrogen) atoms. The minimum absolute atomic E-state index is 0.0346. The van der Waals surface area contributed by atoms with Crippen LogP contribution in [0.3, 0.4) is 0 Å². The summed E-state index contributed by atoms with van der Waals surface area (Å²) < 4.78 is 0. The number of H-pyrrole nitrogens is 1. The Morgan fingerprint density at radius 2 is 1.81 bits per heavy atom. The molecule has 0 spiro atoms. The monoisotopic (exact) mass is 353 g/mol. The Labute approximate surface area is 150 Å². The molecule has 0 bridgehead atoms. The first-order valence-electron chi connectivity index (χ1n) is 7.79. The second-order valence-corrected chi connectivity index (χ2v) is 5.34. The second kappa shape index (κ2) is 8.43. The van der Waals surface area contributed by atoms with Gasteiger partial charge in [0, 0.05) is 17.3 Å². The van der Waals surface area contributed by atoms with Crippen molar-refractivity contribution in [1.82, 2.24) is 10.2 Å². The summed E-state index contributed by atoms with van der Waals surface area (Å²) >= 11 is 0. The number of carbonyl (C=O) groups is 3. The number of nitrogens with zero attached hydrogens (tertiary/aromatic N) is 1. The predicted octanol–water partition coefficient (Wildman–Crippen LogP) is 2.14. The number of allylic oxidation sites excluding steroid dienone is 3. The van der Waals surface area contributed by atoms with Crippen molar-refractivity contribution < 1.29 is 14.4 Å². The molecule has 2 rings (SSSR count). The van der Waals surface area contributed by atoms with Gasteiger partial charge in [0.25, 0.3) is 11.8 Å². The minimum atomic E-state index is -0.742. The van der Waals surface area contributed by atoms with Crippen molar-refractivity contribution in [3.05, 3.63) is 65.5 Å². The lowest BCUT2D eigenvalue weighted by molar-refractivity contribution is -0.111. The summed E-state index contributed by atoms with van der Waals surface area (Å²) in [5.74, 6) is -1.45. The summed E-state index contributed by atoms with van der Waals surface area (Å²) in [7, 11) is 0. The van der Waals surface area contributed by atoms with Crippen LogP contribution in [0.4, 0.5) is 11.4 Å². The number of benzene rings is 1. The van der Waals surface area contributed by atoms with Crippen LogP contribution >= 0.6 is 0 Å². The Kier molecular flexibility index (Phi) is 6.05. The number of hydrogen-bond acceptors (Lipinski definition) is 4. The van der Waals surface area contributed by atoms with E-state index in [0.717, 1.165) is 0 Å². The number of nitrogens with two attached hydrogens (primary N) is 1. The molecule has 1 aromatic heterocycles. The van der Waals surface area contributed by atoms with Crippen LogP contribution in [0.1, 0.15) is 33.5 Å². The molecule has 0 aliphatic heterocycles. The van der Waals surface area contributed by atoms with E-state index >= 15 is 0 Å². The van der Waals surface area contributed by atoms with Crippen LogP contribution in [0.15, 0.2) is 48.6 Å². The maximum Gasteiger partial charge on any atom is 0.271 e. The molecule has 0 saturated heterocycles. The summed E-state index contributed by atoms with van der Waals surface area (Å²) in [5.41, 5.74) is 6.86. The van der Waals surface area contributed by atoms with Crippen LogP contribution in [-0.2, 0) is 4.79 Å². The molecular weight excluding hydrogens is 334 g/mol. The smallest absolute Gasteiger partial charge is 0.271 e.